The zero-order chi connectivity index (χ0) is 35.1. The highest BCUT2D eigenvalue weighted by atomic mass is 15.3. The molecule has 0 radical (unpaired) electrons. The maximum absolute atomic E-state index is 3.97. The predicted molar refractivity (Wildman–Crippen MR) is 221 cm³/mol. The quantitative estimate of drug-likeness (QED) is 0.153. The van der Waals surface area contributed by atoms with Gasteiger partial charge in [-0.1, -0.05) is 164 Å². The van der Waals surface area contributed by atoms with Gasteiger partial charge < -0.3 is 15.5 Å². The fourth-order valence-electron chi connectivity index (χ4n) is 8.10. The second-order valence-electron chi connectivity index (χ2n) is 13.9. The fourth-order valence-corrected chi connectivity index (χ4v) is 8.10. The SMILES string of the molecule is C1=C(c2ccccc2)NC(c2ccc3c(ccc4ccc5c(c43)NC(c3ccccc3)N5c3ccccc3)c2)NC1c1ccc(-c2ccccc2)cc1. The molecule has 8 aromatic carbocycles. The normalized spacial score (nSPS) is 17.9. The van der Waals surface area contributed by atoms with Gasteiger partial charge in [-0.15, -0.1) is 0 Å². The van der Waals surface area contributed by atoms with E-state index in [1.54, 1.807) is 0 Å². The van der Waals surface area contributed by atoms with E-state index in [2.05, 4.69) is 215 Å². The Morgan fingerprint density at radius 2 is 1.06 bits per heavy atom. The van der Waals surface area contributed by atoms with Gasteiger partial charge in [0, 0.05) is 16.8 Å². The molecule has 3 N–H and O–H groups in total. The molecule has 0 amide bonds. The van der Waals surface area contributed by atoms with Crippen molar-refractivity contribution in [3.8, 4) is 11.1 Å². The Hall–Kier alpha value is -6.62. The van der Waals surface area contributed by atoms with Crippen LogP contribution in [0.4, 0.5) is 17.1 Å². The Kier molecular flexibility index (Phi) is 7.74. The van der Waals surface area contributed by atoms with Crippen molar-refractivity contribution >= 4 is 44.3 Å². The molecule has 0 saturated carbocycles. The van der Waals surface area contributed by atoms with Crippen molar-refractivity contribution in [2.45, 2.75) is 18.4 Å². The molecule has 10 rings (SSSR count). The lowest BCUT2D eigenvalue weighted by molar-refractivity contribution is 0.443. The minimum absolute atomic E-state index is 0.0220. The maximum atomic E-state index is 3.97. The third kappa shape index (κ3) is 5.70. The summed E-state index contributed by atoms with van der Waals surface area (Å²) in [4.78, 5) is 2.43. The molecule has 0 fully saturated rings. The van der Waals surface area contributed by atoms with Gasteiger partial charge in [-0.2, -0.15) is 0 Å². The van der Waals surface area contributed by atoms with Crippen LogP contribution in [0.5, 0.6) is 0 Å². The minimum Gasteiger partial charge on any atom is -0.366 e. The smallest absolute Gasteiger partial charge is 0.130 e. The number of fused-ring (bicyclic) bond motifs is 5. The molecule has 2 aliphatic heterocycles. The summed E-state index contributed by atoms with van der Waals surface area (Å²) in [6.45, 7) is 0. The first-order valence-corrected chi connectivity index (χ1v) is 18.4. The van der Waals surface area contributed by atoms with Crippen LogP contribution >= 0.6 is 0 Å². The number of benzene rings is 8. The molecule has 4 nitrogen and oxygen atoms in total. The molecule has 0 saturated heterocycles. The largest absolute Gasteiger partial charge is 0.366 e. The predicted octanol–water partition coefficient (Wildman–Crippen LogP) is 11.9. The molecule has 254 valence electrons. The molecule has 0 bridgehead atoms. The highest BCUT2D eigenvalue weighted by Crippen LogP contribution is 2.50. The molecule has 3 atom stereocenters. The highest BCUT2D eigenvalue weighted by Gasteiger charge is 2.33. The van der Waals surface area contributed by atoms with E-state index in [9.17, 15) is 0 Å². The summed E-state index contributed by atoms with van der Waals surface area (Å²) < 4.78 is 0. The Bertz CT molecular complexity index is 2590. The van der Waals surface area contributed by atoms with E-state index in [0.29, 0.717) is 0 Å². The number of rotatable bonds is 6. The van der Waals surface area contributed by atoms with Crippen LogP contribution in [0.3, 0.4) is 0 Å². The standard InChI is InChI=1S/C49H38N4/c1-5-13-33(14-6-1)34-21-23-36(24-22-34)44-32-43(35-15-7-2-8-16-35)50-48(51-44)40-27-29-42-39(31-40)26-25-37-28-30-45-47(46(37)42)52-49(38-17-9-3-10-18-38)53(45)41-19-11-4-12-20-41/h1-32,44,48-52H. The lowest BCUT2D eigenvalue weighted by atomic mass is 9.94. The van der Waals surface area contributed by atoms with Crippen molar-refractivity contribution in [2.75, 3.05) is 10.2 Å². The summed E-state index contributed by atoms with van der Waals surface area (Å²) in [6.07, 6.45) is 2.20. The monoisotopic (exact) mass is 682 g/mol. The topological polar surface area (TPSA) is 39.3 Å². The molecule has 53 heavy (non-hydrogen) atoms. The molecular formula is C49H38N4. The van der Waals surface area contributed by atoms with Gasteiger partial charge in [0.05, 0.1) is 17.4 Å². The Balaban J connectivity index is 1.04. The molecule has 3 unspecified atom stereocenters. The van der Waals surface area contributed by atoms with Crippen molar-refractivity contribution < 1.29 is 0 Å². The summed E-state index contributed by atoms with van der Waals surface area (Å²) in [6, 6.07) is 67.6. The van der Waals surface area contributed by atoms with E-state index in [0.717, 1.165) is 11.4 Å². The van der Waals surface area contributed by atoms with Crippen molar-refractivity contribution in [1.29, 1.82) is 0 Å². The van der Waals surface area contributed by atoms with Gasteiger partial charge >= 0.3 is 0 Å². The lowest BCUT2D eigenvalue weighted by Gasteiger charge is -2.33. The molecule has 2 heterocycles. The van der Waals surface area contributed by atoms with Gasteiger partial charge in [0.15, 0.2) is 0 Å². The van der Waals surface area contributed by atoms with E-state index in [1.807, 2.05) is 0 Å². The number of para-hydroxylation sites is 1. The summed E-state index contributed by atoms with van der Waals surface area (Å²) in [5, 5.41) is 16.7. The zero-order valence-corrected chi connectivity index (χ0v) is 29.2. The van der Waals surface area contributed by atoms with Crippen molar-refractivity contribution in [1.82, 2.24) is 10.6 Å². The summed E-state index contributed by atoms with van der Waals surface area (Å²) in [5.74, 6) is 0. The molecular weight excluding hydrogens is 645 g/mol. The lowest BCUT2D eigenvalue weighted by Crippen LogP contribution is -2.39. The van der Waals surface area contributed by atoms with Crippen LogP contribution < -0.4 is 20.9 Å². The number of nitrogens with zero attached hydrogens (tertiary/aromatic N) is 1. The molecule has 0 aromatic heterocycles. The van der Waals surface area contributed by atoms with Crippen LogP contribution in [0.1, 0.15) is 40.6 Å². The van der Waals surface area contributed by atoms with Gasteiger partial charge in [0.25, 0.3) is 0 Å². The van der Waals surface area contributed by atoms with Gasteiger partial charge in [-0.05, 0) is 79.9 Å². The van der Waals surface area contributed by atoms with Crippen molar-refractivity contribution in [3.05, 3.63) is 216 Å². The molecule has 0 spiro atoms. The number of nitrogens with one attached hydrogen (secondary N) is 3. The molecule has 2 aliphatic rings. The third-order valence-corrected chi connectivity index (χ3v) is 10.7. The van der Waals surface area contributed by atoms with Gasteiger partial charge in [0.1, 0.15) is 12.3 Å². The number of hydrogen-bond acceptors (Lipinski definition) is 4. The van der Waals surface area contributed by atoms with Gasteiger partial charge in [0.2, 0.25) is 0 Å². The van der Waals surface area contributed by atoms with E-state index >= 15 is 0 Å². The van der Waals surface area contributed by atoms with Crippen LogP contribution in [-0.4, -0.2) is 0 Å². The van der Waals surface area contributed by atoms with E-state index in [1.165, 1.54) is 66.3 Å². The van der Waals surface area contributed by atoms with Crippen LogP contribution in [0.2, 0.25) is 0 Å². The minimum atomic E-state index is -0.0928. The molecule has 4 heteroatoms. The first kappa shape index (κ1) is 31.1. The van der Waals surface area contributed by atoms with Crippen LogP contribution in [0.15, 0.2) is 194 Å². The zero-order valence-electron chi connectivity index (χ0n) is 29.2. The van der Waals surface area contributed by atoms with Gasteiger partial charge in [-0.25, -0.2) is 0 Å². The summed E-state index contributed by atoms with van der Waals surface area (Å²) >= 11 is 0. The van der Waals surface area contributed by atoms with Crippen LogP contribution in [0.25, 0.3) is 38.4 Å². The van der Waals surface area contributed by atoms with E-state index < -0.39 is 0 Å². The Morgan fingerprint density at radius 3 is 1.79 bits per heavy atom. The number of anilines is 3. The average Bonchev–Trinajstić information content (AvgIpc) is 3.64. The van der Waals surface area contributed by atoms with E-state index in [-0.39, 0.29) is 18.4 Å². The fraction of sp³-hybridized carbons (Fsp3) is 0.0612. The number of hydrogen-bond donors (Lipinski definition) is 3. The van der Waals surface area contributed by atoms with Crippen molar-refractivity contribution in [3.63, 3.8) is 0 Å². The molecule has 0 aliphatic carbocycles. The second kappa shape index (κ2) is 13.2. The van der Waals surface area contributed by atoms with Crippen LogP contribution in [-0.2, 0) is 0 Å². The Labute approximate surface area is 310 Å². The summed E-state index contributed by atoms with van der Waals surface area (Å²) in [7, 11) is 0. The second-order valence-corrected chi connectivity index (χ2v) is 13.9. The van der Waals surface area contributed by atoms with E-state index in [4.69, 9.17) is 0 Å². The van der Waals surface area contributed by atoms with Crippen LogP contribution in [0, 0.1) is 0 Å². The average molecular weight is 683 g/mol. The maximum Gasteiger partial charge on any atom is 0.130 e. The highest BCUT2D eigenvalue weighted by molar-refractivity contribution is 6.17. The first-order valence-electron chi connectivity index (χ1n) is 18.4. The van der Waals surface area contributed by atoms with Crippen molar-refractivity contribution in [2.24, 2.45) is 0 Å². The van der Waals surface area contributed by atoms with Gasteiger partial charge in [-0.3, -0.25) is 5.32 Å². The molecule has 8 aromatic rings. The Morgan fingerprint density at radius 1 is 0.453 bits per heavy atom. The third-order valence-electron chi connectivity index (χ3n) is 10.7. The summed E-state index contributed by atoms with van der Waals surface area (Å²) in [5.41, 5.74) is 11.9. The first-order chi connectivity index (χ1) is 26.3.